The van der Waals surface area contributed by atoms with Crippen LogP contribution in [-0.2, 0) is 0 Å². The van der Waals surface area contributed by atoms with Crippen LogP contribution in [0.2, 0.25) is 15.9 Å². The largest absolute Gasteiger partial charge is 0.226 e. The van der Waals surface area contributed by atoms with Crippen LogP contribution in [0.25, 0.3) is 0 Å². The Morgan fingerprint density at radius 3 is 1.06 bits per heavy atom. The van der Waals surface area contributed by atoms with Gasteiger partial charge in [-0.25, -0.2) is 24.9 Å². The molecule has 2 rings (SSSR count). The first-order valence-corrected chi connectivity index (χ1v) is 5.88. The van der Waals surface area contributed by atoms with E-state index in [0.29, 0.717) is 17.5 Å². The molecule has 0 spiro atoms. The first kappa shape index (κ1) is 14.9. The monoisotopic (exact) mass is 306 g/mol. The quantitative estimate of drug-likeness (QED) is 0.744. The van der Waals surface area contributed by atoms with Crippen molar-refractivity contribution >= 4 is 34.8 Å². The van der Waals surface area contributed by atoms with Gasteiger partial charge in [-0.15, -0.1) is 0 Å². The summed E-state index contributed by atoms with van der Waals surface area (Å²) in [7, 11) is 0. The Hall–Kier alpha value is -1.11. The summed E-state index contributed by atoms with van der Waals surface area (Å²) < 4.78 is 0. The minimum Gasteiger partial charge on any atom is -0.219 e. The second-order valence-corrected chi connectivity index (χ2v) is 4.13. The Morgan fingerprint density at radius 1 is 0.500 bits per heavy atom. The van der Waals surface area contributed by atoms with Crippen LogP contribution in [0.3, 0.4) is 0 Å². The predicted molar refractivity (Wildman–Crippen MR) is 68.9 cm³/mol. The van der Waals surface area contributed by atoms with Crippen LogP contribution >= 0.6 is 34.8 Å². The molecular weight excluding hydrogens is 298 g/mol. The molecule has 2 aromatic heterocycles. The van der Waals surface area contributed by atoms with Crippen molar-refractivity contribution in [1.82, 2.24) is 29.9 Å². The van der Waals surface area contributed by atoms with E-state index < -0.39 is 0 Å². The minimum atomic E-state index is 0.132. The summed E-state index contributed by atoms with van der Waals surface area (Å²) >= 11 is 16.3. The van der Waals surface area contributed by atoms with Crippen molar-refractivity contribution in [3.8, 4) is 0 Å². The molecule has 0 bridgehead atoms. The first-order chi connectivity index (χ1) is 8.36. The van der Waals surface area contributed by atoms with Crippen molar-refractivity contribution < 1.29 is 0 Å². The number of nitrogens with zero attached hydrogens (tertiary/aromatic N) is 6. The molecule has 0 unspecified atom stereocenters. The molecule has 0 saturated carbocycles. The van der Waals surface area contributed by atoms with Crippen LogP contribution in [0, 0.1) is 20.8 Å². The van der Waals surface area contributed by atoms with Crippen LogP contribution < -0.4 is 0 Å². The number of rotatable bonds is 0. The Bertz CT molecular complexity index is 397. The Balaban J connectivity index is 0.000000180. The average Bonchev–Trinajstić information content (AvgIpc) is 2.12. The zero-order valence-corrected chi connectivity index (χ0v) is 12.1. The van der Waals surface area contributed by atoms with E-state index in [4.69, 9.17) is 34.8 Å². The molecule has 2 aromatic rings. The third-order valence-corrected chi connectivity index (χ3v) is 2.03. The molecular formula is C9H9Cl3N6. The normalized spacial score (nSPS) is 9.67. The molecule has 0 amide bonds. The highest BCUT2D eigenvalue weighted by atomic mass is 35.5. The zero-order valence-electron chi connectivity index (χ0n) is 9.82. The van der Waals surface area contributed by atoms with Gasteiger partial charge in [-0.1, -0.05) is 0 Å². The summed E-state index contributed by atoms with van der Waals surface area (Å²) in [6, 6.07) is 0. The third kappa shape index (κ3) is 5.48. The molecule has 18 heavy (non-hydrogen) atoms. The fourth-order valence-electron chi connectivity index (χ4n) is 0.994. The molecule has 0 atom stereocenters. The van der Waals surface area contributed by atoms with Gasteiger partial charge in [0.1, 0.15) is 17.5 Å². The number of hydrogen-bond donors (Lipinski definition) is 0. The number of hydrogen-bond acceptors (Lipinski definition) is 6. The van der Waals surface area contributed by atoms with Crippen LogP contribution in [0.15, 0.2) is 0 Å². The van der Waals surface area contributed by atoms with E-state index in [2.05, 4.69) is 29.9 Å². The second-order valence-electron chi connectivity index (χ2n) is 3.12. The lowest BCUT2D eigenvalue weighted by atomic mass is 10.6. The fraction of sp³-hybridized carbons (Fsp3) is 0.333. The maximum Gasteiger partial charge on any atom is 0.226 e. The van der Waals surface area contributed by atoms with Crippen LogP contribution in [0.4, 0.5) is 0 Å². The molecule has 6 nitrogen and oxygen atoms in total. The van der Waals surface area contributed by atoms with Gasteiger partial charge in [0.2, 0.25) is 15.9 Å². The number of aromatic nitrogens is 6. The lowest BCUT2D eigenvalue weighted by Crippen LogP contribution is -1.94. The van der Waals surface area contributed by atoms with Crippen LogP contribution in [-0.4, -0.2) is 29.9 Å². The van der Waals surface area contributed by atoms with Gasteiger partial charge in [-0.05, 0) is 55.6 Å². The molecule has 0 aliphatic heterocycles. The SMILES string of the molecule is Cc1nc(C)nc(Cl)n1.Cc1nc(Cl)nc(Cl)n1. The predicted octanol–water partition coefficient (Wildman–Crippen LogP) is 2.63. The molecule has 9 heteroatoms. The topological polar surface area (TPSA) is 77.3 Å². The van der Waals surface area contributed by atoms with Crippen molar-refractivity contribution in [2.24, 2.45) is 0 Å². The van der Waals surface area contributed by atoms with E-state index in [1.807, 2.05) is 0 Å². The van der Waals surface area contributed by atoms with E-state index in [-0.39, 0.29) is 15.9 Å². The minimum absolute atomic E-state index is 0.132. The van der Waals surface area contributed by atoms with Gasteiger partial charge < -0.3 is 0 Å². The second kappa shape index (κ2) is 6.72. The Kier molecular flexibility index (Phi) is 5.58. The smallest absolute Gasteiger partial charge is 0.219 e. The molecule has 0 aromatic carbocycles. The lowest BCUT2D eigenvalue weighted by Gasteiger charge is -1.92. The molecule has 96 valence electrons. The third-order valence-electron chi connectivity index (χ3n) is 1.52. The van der Waals surface area contributed by atoms with Gasteiger partial charge in [-0.2, -0.15) is 4.98 Å². The highest BCUT2D eigenvalue weighted by Crippen LogP contribution is 2.04. The molecule has 0 radical (unpaired) electrons. The summed E-state index contributed by atoms with van der Waals surface area (Å²) in [6.45, 7) is 5.25. The van der Waals surface area contributed by atoms with Gasteiger partial charge in [-0.3, -0.25) is 0 Å². The Morgan fingerprint density at radius 2 is 0.778 bits per heavy atom. The van der Waals surface area contributed by atoms with Crippen molar-refractivity contribution in [2.75, 3.05) is 0 Å². The highest BCUT2D eigenvalue weighted by Gasteiger charge is 1.95. The van der Waals surface area contributed by atoms with E-state index >= 15 is 0 Å². The lowest BCUT2D eigenvalue weighted by molar-refractivity contribution is 0.920. The van der Waals surface area contributed by atoms with E-state index in [0.717, 1.165) is 0 Å². The van der Waals surface area contributed by atoms with Gasteiger partial charge >= 0.3 is 0 Å². The van der Waals surface area contributed by atoms with Gasteiger partial charge in [0.05, 0.1) is 0 Å². The first-order valence-electron chi connectivity index (χ1n) is 4.75. The highest BCUT2D eigenvalue weighted by molar-refractivity contribution is 6.31. The maximum atomic E-state index is 5.49. The van der Waals surface area contributed by atoms with E-state index in [1.165, 1.54) is 0 Å². The van der Waals surface area contributed by atoms with Crippen molar-refractivity contribution in [2.45, 2.75) is 20.8 Å². The zero-order chi connectivity index (χ0) is 13.7. The summed E-state index contributed by atoms with van der Waals surface area (Å²) in [5.74, 6) is 1.85. The molecule has 0 fully saturated rings. The van der Waals surface area contributed by atoms with Gasteiger partial charge in [0.15, 0.2) is 0 Å². The molecule has 0 saturated heterocycles. The van der Waals surface area contributed by atoms with Crippen molar-refractivity contribution in [1.29, 1.82) is 0 Å². The summed E-state index contributed by atoms with van der Waals surface area (Å²) in [5, 5.41) is 0.528. The maximum absolute atomic E-state index is 5.49. The van der Waals surface area contributed by atoms with Crippen LogP contribution in [0.5, 0.6) is 0 Å². The van der Waals surface area contributed by atoms with E-state index in [9.17, 15) is 0 Å². The van der Waals surface area contributed by atoms with Gasteiger partial charge in [0, 0.05) is 0 Å². The molecule has 0 aliphatic carbocycles. The van der Waals surface area contributed by atoms with Gasteiger partial charge in [0.25, 0.3) is 0 Å². The van der Waals surface area contributed by atoms with Crippen molar-refractivity contribution in [3.63, 3.8) is 0 Å². The van der Waals surface area contributed by atoms with E-state index in [1.54, 1.807) is 20.8 Å². The summed E-state index contributed by atoms with van der Waals surface area (Å²) in [4.78, 5) is 22.4. The fourth-order valence-corrected chi connectivity index (χ4v) is 1.69. The molecule has 0 aliphatic rings. The number of aryl methyl sites for hydroxylation is 3. The van der Waals surface area contributed by atoms with Crippen LogP contribution in [0.1, 0.15) is 17.5 Å². The van der Waals surface area contributed by atoms with Crippen molar-refractivity contribution in [3.05, 3.63) is 33.3 Å². The molecule has 0 N–H and O–H groups in total. The molecule has 2 heterocycles. The Labute approximate surface area is 119 Å². The summed E-state index contributed by atoms with van der Waals surface area (Å²) in [6.07, 6.45) is 0. The standard InChI is InChI=1S/C5H6ClN3.C4H3Cl2N3/c1-3-7-4(2)9-5(6)8-3;1-2-7-3(5)9-4(6)8-2/h1-2H3;1H3. The number of halogens is 3. The summed E-state index contributed by atoms with van der Waals surface area (Å²) in [5.41, 5.74) is 0. The average molecular weight is 308 g/mol.